The van der Waals surface area contributed by atoms with E-state index in [1.807, 2.05) is 78.1 Å². The first-order valence-electron chi connectivity index (χ1n) is 10.2. The third-order valence-corrected chi connectivity index (χ3v) is 5.86. The van der Waals surface area contributed by atoms with Crippen LogP contribution in [-0.2, 0) is 39.8 Å². The van der Waals surface area contributed by atoms with Crippen LogP contribution in [0.2, 0.25) is 0 Å². The highest BCUT2D eigenvalue weighted by Gasteiger charge is 2.35. The van der Waals surface area contributed by atoms with Gasteiger partial charge >= 0.3 is 5.97 Å². The van der Waals surface area contributed by atoms with E-state index < -0.39 is 11.8 Å². The molecule has 160 valence electrons. The van der Waals surface area contributed by atoms with Gasteiger partial charge in [-0.3, -0.25) is 19.7 Å². The first-order chi connectivity index (χ1) is 15.3. The minimum atomic E-state index is -0.408. The van der Waals surface area contributed by atoms with Crippen molar-refractivity contribution in [2.45, 2.75) is 13.5 Å². The number of carbonyl (C=O) groups excluding carboxylic acids is 3. The number of nitrogens with one attached hydrogen (secondary N) is 1. The van der Waals surface area contributed by atoms with Gasteiger partial charge in [0.15, 0.2) is 0 Å². The van der Waals surface area contributed by atoms with Crippen LogP contribution in [0.1, 0.15) is 23.6 Å². The average molecular weight is 427 g/mol. The predicted molar refractivity (Wildman–Crippen MR) is 121 cm³/mol. The minimum Gasteiger partial charge on any atom is -0.461 e. The molecule has 7 nitrogen and oxygen atoms in total. The number of aryl methyl sites for hydroxylation is 2. The fourth-order valence-electron chi connectivity index (χ4n) is 4.41. The quantitative estimate of drug-likeness (QED) is 0.400. The number of aromatic nitrogens is 2. The number of esters is 1. The second-order valence-electron chi connectivity index (χ2n) is 7.99. The van der Waals surface area contributed by atoms with Crippen LogP contribution in [0.5, 0.6) is 0 Å². The molecule has 0 aliphatic carbocycles. The molecule has 2 aromatic carbocycles. The van der Waals surface area contributed by atoms with E-state index in [4.69, 9.17) is 4.74 Å². The van der Waals surface area contributed by atoms with Crippen LogP contribution in [0, 0.1) is 0 Å². The highest BCUT2D eigenvalue weighted by molar-refractivity contribution is 6.50. The number of fused-ring (bicyclic) bond motifs is 2. The van der Waals surface area contributed by atoms with Crippen LogP contribution in [-0.4, -0.2) is 26.9 Å². The molecule has 3 heterocycles. The number of para-hydroxylation sites is 1. The summed E-state index contributed by atoms with van der Waals surface area (Å²) in [5.74, 6) is -1.15. The molecule has 7 heteroatoms. The summed E-state index contributed by atoms with van der Waals surface area (Å²) in [4.78, 5) is 37.0. The molecule has 1 N–H and O–H groups in total. The average Bonchev–Trinajstić information content (AvgIpc) is 3.37. The first-order valence-corrected chi connectivity index (χ1v) is 10.2. The Labute approximate surface area is 183 Å². The summed E-state index contributed by atoms with van der Waals surface area (Å²) in [5.41, 5.74) is 4.86. The number of ether oxygens (including phenoxy) is 1. The maximum absolute atomic E-state index is 12.9. The second-order valence-corrected chi connectivity index (χ2v) is 7.99. The third kappa shape index (κ3) is 3.01. The molecule has 0 unspecified atom stereocenters. The van der Waals surface area contributed by atoms with E-state index in [0.29, 0.717) is 16.7 Å². The highest BCUT2D eigenvalue weighted by atomic mass is 16.5. The summed E-state index contributed by atoms with van der Waals surface area (Å²) in [5, 5.41) is 4.24. The number of carbonyl (C=O) groups is 3. The normalized spacial score (nSPS) is 14.0. The molecular formula is C25H21N3O4. The summed E-state index contributed by atoms with van der Waals surface area (Å²) < 4.78 is 8.97. The molecule has 0 bridgehead atoms. The number of nitrogens with zero attached hydrogens (tertiary/aromatic N) is 2. The van der Waals surface area contributed by atoms with E-state index in [1.54, 1.807) is 0 Å². The Kier molecular flexibility index (Phi) is 4.48. The summed E-state index contributed by atoms with van der Waals surface area (Å²) in [6.45, 7) is 1.55. The second kappa shape index (κ2) is 7.23. The number of hydrogen-bond donors (Lipinski definition) is 1. The fourth-order valence-corrected chi connectivity index (χ4v) is 4.41. The molecule has 0 saturated carbocycles. The van der Waals surface area contributed by atoms with Crippen molar-refractivity contribution in [1.82, 2.24) is 14.5 Å². The van der Waals surface area contributed by atoms with E-state index in [2.05, 4.69) is 5.32 Å². The van der Waals surface area contributed by atoms with Crippen molar-refractivity contribution >= 4 is 50.7 Å². The molecule has 0 fully saturated rings. The molecule has 2 amide bonds. The Balaban J connectivity index is 1.72. The molecule has 5 rings (SSSR count). The molecule has 0 spiro atoms. The molecule has 0 saturated heterocycles. The number of hydrogen-bond acceptors (Lipinski definition) is 4. The van der Waals surface area contributed by atoms with Gasteiger partial charge in [0.1, 0.15) is 6.61 Å². The standard InChI is InChI=1S/C25H21N3O4/c1-14(29)32-13-15-8-9-17-19(12-28(3)21(17)10-15)23-22(24(30)26-25(23)31)18-11-27(2)20-7-5-4-6-16(18)20/h4-12H,13H2,1-3H3,(H,26,30,31). The predicted octanol–water partition coefficient (Wildman–Crippen LogP) is 3.30. The highest BCUT2D eigenvalue weighted by Crippen LogP contribution is 2.38. The van der Waals surface area contributed by atoms with Gasteiger partial charge < -0.3 is 13.9 Å². The Morgan fingerprint density at radius 2 is 1.47 bits per heavy atom. The lowest BCUT2D eigenvalue weighted by molar-refractivity contribution is -0.142. The van der Waals surface area contributed by atoms with Crippen molar-refractivity contribution in [1.29, 1.82) is 0 Å². The van der Waals surface area contributed by atoms with E-state index in [9.17, 15) is 14.4 Å². The minimum absolute atomic E-state index is 0.175. The zero-order chi connectivity index (χ0) is 22.6. The van der Waals surface area contributed by atoms with Gasteiger partial charge in [0.2, 0.25) is 0 Å². The maximum atomic E-state index is 12.9. The van der Waals surface area contributed by atoms with Crippen LogP contribution < -0.4 is 5.32 Å². The molecule has 32 heavy (non-hydrogen) atoms. The summed E-state index contributed by atoms with van der Waals surface area (Å²) in [7, 11) is 3.80. The van der Waals surface area contributed by atoms with Crippen LogP contribution in [0.25, 0.3) is 33.0 Å². The number of benzene rings is 2. The Morgan fingerprint density at radius 3 is 2.12 bits per heavy atom. The Hall–Kier alpha value is -4.13. The first kappa shape index (κ1) is 19.8. The van der Waals surface area contributed by atoms with Crippen molar-refractivity contribution in [2.75, 3.05) is 0 Å². The van der Waals surface area contributed by atoms with E-state index in [1.165, 1.54) is 6.92 Å². The third-order valence-electron chi connectivity index (χ3n) is 5.86. The van der Waals surface area contributed by atoms with Gasteiger partial charge in [-0.25, -0.2) is 0 Å². The topological polar surface area (TPSA) is 82.3 Å². The monoisotopic (exact) mass is 427 g/mol. The summed E-state index contributed by atoms with van der Waals surface area (Å²) in [6, 6.07) is 13.5. The lowest BCUT2D eigenvalue weighted by Gasteiger charge is -2.05. The van der Waals surface area contributed by atoms with Crippen molar-refractivity contribution in [2.24, 2.45) is 14.1 Å². The lowest BCUT2D eigenvalue weighted by Crippen LogP contribution is -2.22. The largest absolute Gasteiger partial charge is 0.461 e. The van der Waals surface area contributed by atoms with Gasteiger partial charge in [-0.2, -0.15) is 0 Å². The lowest BCUT2D eigenvalue weighted by atomic mass is 9.95. The maximum Gasteiger partial charge on any atom is 0.302 e. The molecule has 4 aromatic rings. The number of rotatable bonds is 4. The zero-order valence-electron chi connectivity index (χ0n) is 17.9. The molecule has 1 aliphatic heterocycles. The van der Waals surface area contributed by atoms with Crippen LogP contribution in [0.4, 0.5) is 0 Å². The van der Waals surface area contributed by atoms with E-state index in [-0.39, 0.29) is 12.6 Å². The summed E-state index contributed by atoms with van der Waals surface area (Å²) >= 11 is 0. The molecule has 2 aromatic heterocycles. The number of imide groups is 1. The van der Waals surface area contributed by atoms with Gasteiger partial charge in [0.25, 0.3) is 11.8 Å². The fraction of sp³-hybridized carbons (Fsp3) is 0.160. The summed E-state index contributed by atoms with van der Waals surface area (Å²) in [6.07, 6.45) is 3.75. The van der Waals surface area contributed by atoms with Gasteiger partial charge in [0.05, 0.1) is 11.1 Å². The Morgan fingerprint density at radius 1 is 0.875 bits per heavy atom. The van der Waals surface area contributed by atoms with Crippen molar-refractivity contribution < 1.29 is 19.1 Å². The Bertz CT molecular complexity index is 1490. The van der Waals surface area contributed by atoms with E-state index >= 15 is 0 Å². The van der Waals surface area contributed by atoms with E-state index in [0.717, 1.165) is 32.9 Å². The SMILES string of the molecule is CC(=O)OCc1ccc2c(C3=C(c4cn(C)c5ccccc45)C(=O)NC3=O)cn(C)c2c1. The van der Waals surface area contributed by atoms with Crippen LogP contribution in [0.15, 0.2) is 54.9 Å². The van der Waals surface area contributed by atoms with Crippen LogP contribution >= 0.6 is 0 Å². The smallest absolute Gasteiger partial charge is 0.302 e. The van der Waals surface area contributed by atoms with Gasteiger partial charge in [-0.15, -0.1) is 0 Å². The van der Waals surface area contributed by atoms with Crippen molar-refractivity contribution in [3.05, 3.63) is 71.5 Å². The van der Waals surface area contributed by atoms with Crippen molar-refractivity contribution in [3.8, 4) is 0 Å². The van der Waals surface area contributed by atoms with Crippen molar-refractivity contribution in [3.63, 3.8) is 0 Å². The molecule has 0 radical (unpaired) electrons. The van der Waals surface area contributed by atoms with Gasteiger partial charge in [0, 0.05) is 66.3 Å². The number of amides is 2. The van der Waals surface area contributed by atoms with Gasteiger partial charge in [-0.1, -0.05) is 30.3 Å². The molecular weight excluding hydrogens is 406 g/mol. The molecule has 0 atom stereocenters. The molecule has 1 aliphatic rings. The zero-order valence-corrected chi connectivity index (χ0v) is 17.9. The van der Waals surface area contributed by atoms with Gasteiger partial charge in [-0.05, 0) is 17.7 Å². The van der Waals surface area contributed by atoms with Crippen LogP contribution in [0.3, 0.4) is 0 Å².